The van der Waals surface area contributed by atoms with Crippen LogP contribution in [-0.4, -0.2) is 41.7 Å². The minimum Gasteiger partial charge on any atom is -0.480 e. The van der Waals surface area contributed by atoms with E-state index in [4.69, 9.17) is 10.8 Å². The van der Waals surface area contributed by atoms with E-state index in [1.54, 1.807) is 0 Å². The number of carboxylic acids is 1. The summed E-state index contributed by atoms with van der Waals surface area (Å²) in [5.41, 5.74) is 5.03. The lowest BCUT2D eigenvalue weighted by molar-refractivity contribution is -0.147. The van der Waals surface area contributed by atoms with Crippen LogP contribution in [0.4, 0.5) is 0 Å². The molecule has 2 unspecified atom stereocenters. The Morgan fingerprint density at radius 3 is 2.33 bits per heavy atom. The highest BCUT2D eigenvalue weighted by Gasteiger charge is 2.47. The van der Waals surface area contributed by atoms with E-state index in [1.165, 1.54) is 0 Å². The summed E-state index contributed by atoms with van der Waals surface area (Å²) in [5.74, 6) is -0.871. The highest BCUT2D eigenvalue weighted by Crippen LogP contribution is 2.41. The van der Waals surface area contributed by atoms with Gasteiger partial charge in [0, 0.05) is 6.04 Å². The summed E-state index contributed by atoms with van der Waals surface area (Å²) >= 11 is 0. The van der Waals surface area contributed by atoms with Gasteiger partial charge in [0.05, 0.1) is 0 Å². The van der Waals surface area contributed by atoms with Crippen molar-refractivity contribution in [3.63, 3.8) is 0 Å². The van der Waals surface area contributed by atoms with Crippen molar-refractivity contribution in [2.75, 3.05) is 14.1 Å². The van der Waals surface area contributed by atoms with Gasteiger partial charge >= 0.3 is 5.97 Å². The van der Waals surface area contributed by atoms with Gasteiger partial charge in [-0.15, -0.1) is 0 Å². The summed E-state index contributed by atoms with van der Waals surface area (Å²) in [5, 5.41) is 9.12. The molecule has 1 aliphatic carbocycles. The second kappa shape index (κ2) is 3.76. The molecule has 0 aromatic heterocycles. The van der Waals surface area contributed by atoms with Gasteiger partial charge in [-0.3, -0.25) is 4.79 Å². The second-order valence-electron chi connectivity index (χ2n) is 5.63. The molecule has 0 aliphatic heterocycles. The fourth-order valence-electron chi connectivity index (χ4n) is 2.51. The number of carbonyl (C=O) groups is 1. The monoisotopic (exact) mass is 214 g/mol. The third-order valence-corrected chi connectivity index (χ3v) is 3.72. The van der Waals surface area contributed by atoms with Gasteiger partial charge in [-0.2, -0.15) is 0 Å². The topological polar surface area (TPSA) is 66.6 Å². The van der Waals surface area contributed by atoms with Gasteiger partial charge in [-0.25, -0.2) is 0 Å². The summed E-state index contributed by atoms with van der Waals surface area (Å²) in [6.45, 7) is 4.36. The van der Waals surface area contributed by atoms with Crippen molar-refractivity contribution in [2.45, 2.75) is 44.7 Å². The minimum absolute atomic E-state index is 0.141. The average Bonchev–Trinajstić information content (AvgIpc) is 2.09. The van der Waals surface area contributed by atoms with Crippen LogP contribution in [0.1, 0.15) is 33.1 Å². The molecule has 4 nitrogen and oxygen atoms in total. The predicted octanol–water partition coefficient (Wildman–Crippen LogP) is 0.909. The quantitative estimate of drug-likeness (QED) is 0.717. The van der Waals surface area contributed by atoms with Crippen molar-refractivity contribution < 1.29 is 9.90 Å². The first-order chi connectivity index (χ1) is 6.69. The predicted molar refractivity (Wildman–Crippen MR) is 59.7 cm³/mol. The van der Waals surface area contributed by atoms with Gasteiger partial charge in [0.25, 0.3) is 0 Å². The van der Waals surface area contributed by atoms with Gasteiger partial charge in [0.2, 0.25) is 0 Å². The van der Waals surface area contributed by atoms with Crippen molar-refractivity contribution in [1.82, 2.24) is 4.90 Å². The van der Waals surface area contributed by atoms with Crippen LogP contribution in [0.2, 0.25) is 0 Å². The number of nitrogens with two attached hydrogens (primary N) is 1. The Kier molecular flexibility index (Phi) is 3.12. The molecule has 1 fully saturated rings. The minimum atomic E-state index is -1.04. The summed E-state index contributed by atoms with van der Waals surface area (Å²) in [4.78, 5) is 13.2. The molecule has 0 radical (unpaired) electrons. The molecule has 0 bridgehead atoms. The smallest absolute Gasteiger partial charge is 0.323 e. The van der Waals surface area contributed by atoms with E-state index in [1.807, 2.05) is 14.1 Å². The molecule has 0 aromatic carbocycles. The molecule has 1 saturated carbocycles. The van der Waals surface area contributed by atoms with E-state index in [0.717, 1.165) is 6.42 Å². The van der Waals surface area contributed by atoms with Crippen LogP contribution in [0.25, 0.3) is 0 Å². The summed E-state index contributed by atoms with van der Waals surface area (Å²) in [6, 6.07) is 0.229. The SMILES string of the molecule is CN(C)C1CC(N)(C(=O)O)CCC1(C)C. The number of rotatable bonds is 2. The molecule has 0 aromatic rings. The maximum absolute atomic E-state index is 11.1. The zero-order valence-corrected chi connectivity index (χ0v) is 10.1. The molecular weight excluding hydrogens is 192 g/mol. The summed E-state index contributed by atoms with van der Waals surface area (Å²) in [7, 11) is 3.97. The normalized spacial score (nSPS) is 35.5. The van der Waals surface area contributed by atoms with Crippen LogP contribution in [0.15, 0.2) is 0 Å². The van der Waals surface area contributed by atoms with Gasteiger partial charge < -0.3 is 15.7 Å². The van der Waals surface area contributed by atoms with Crippen LogP contribution in [0.3, 0.4) is 0 Å². The van der Waals surface area contributed by atoms with Gasteiger partial charge in [-0.1, -0.05) is 13.8 Å². The average molecular weight is 214 g/mol. The molecule has 88 valence electrons. The molecule has 0 spiro atoms. The van der Waals surface area contributed by atoms with Crippen LogP contribution in [-0.2, 0) is 4.79 Å². The fourth-order valence-corrected chi connectivity index (χ4v) is 2.51. The highest BCUT2D eigenvalue weighted by atomic mass is 16.4. The Bertz CT molecular complexity index is 263. The number of aliphatic carboxylic acids is 1. The molecule has 4 heteroatoms. The maximum atomic E-state index is 11.1. The van der Waals surface area contributed by atoms with Crippen LogP contribution in [0, 0.1) is 5.41 Å². The van der Waals surface area contributed by atoms with Gasteiger partial charge in [0.15, 0.2) is 0 Å². The zero-order chi connectivity index (χ0) is 11.9. The molecular formula is C11H22N2O2. The Hall–Kier alpha value is -0.610. The van der Waals surface area contributed by atoms with E-state index < -0.39 is 11.5 Å². The molecule has 15 heavy (non-hydrogen) atoms. The largest absolute Gasteiger partial charge is 0.480 e. The lowest BCUT2D eigenvalue weighted by Gasteiger charge is -2.48. The molecule has 1 aliphatic rings. The summed E-state index contributed by atoms with van der Waals surface area (Å²) < 4.78 is 0. The molecule has 2 atom stereocenters. The van der Waals surface area contributed by atoms with Crippen LogP contribution < -0.4 is 5.73 Å². The molecule has 0 amide bonds. The van der Waals surface area contributed by atoms with Crippen molar-refractivity contribution >= 4 is 5.97 Å². The van der Waals surface area contributed by atoms with E-state index >= 15 is 0 Å². The molecule has 0 heterocycles. The second-order valence-corrected chi connectivity index (χ2v) is 5.63. The molecule has 0 saturated heterocycles. The first kappa shape index (κ1) is 12.5. The van der Waals surface area contributed by atoms with E-state index in [0.29, 0.717) is 12.8 Å². The number of hydrogen-bond donors (Lipinski definition) is 2. The third kappa shape index (κ3) is 2.32. The highest BCUT2D eigenvalue weighted by molar-refractivity contribution is 5.78. The summed E-state index contributed by atoms with van der Waals surface area (Å²) in [6.07, 6.45) is 1.96. The van der Waals surface area contributed by atoms with Crippen molar-refractivity contribution in [2.24, 2.45) is 11.1 Å². The van der Waals surface area contributed by atoms with Crippen molar-refractivity contribution in [3.05, 3.63) is 0 Å². The Morgan fingerprint density at radius 1 is 1.40 bits per heavy atom. The first-order valence-electron chi connectivity index (χ1n) is 5.38. The van der Waals surface area contributed by atoms with E-state index in [9.17, 15) is 4.79 Å². The number of hydrogen-bond acceptors (Lipinski definition) is 3. The maximum Gasteiger partial charge on any atom is 0.323 e. The first-order valence-corrected chi connectivity index (χ1v) is 5.38. The van der Waals surface area contributed by atoms with Crippen molar-refractivity contribution in [3.8, 4) is 0 Å². The van der Waals surface area contributed by atoms with Gasteiger partial charge in [-0.05, 0) is 38.8 Å². The third-order valence-electron chi connectivity index (χ3n) is 3.72. The van der Waals surface area contributed by atoms with E-state index in [2.05, 4.69) is 18.7 Å². The number of nitrogens with zero attached hydrogens (tertiary/aromatic N) is 1. The Balaban J connectivity index is 2.88. The van der Waals surface area contributed by atoms with Crippen molar-refractivity contribution in [1.29, 1.82) is 0 Å². The van der Waals surface area contributed by atoms with E-state index in [-0.39, 0.29) is 11.5 Å². The Labute approximate surface area is 91.4 Å². The lowest BCUT2D eigenvalue weighted by Crippen LogP contribution is -2.59. The molecule has 1 rings (SSSR count). The van der Waals surface area contributed by atoms with Crippen LogP contribution in [0.5, 0.6) is 0 Å². The fraction of sp³-hybridized carbons (Fsp3) is 0.909. The number of carboxylic acid groups (broad SMARTS) is 1. The molecule has 3 N–H and O–H groups in total. The zero-order valence-electron chi connectivity index (χ0n) is 10.1. The standard InChI is InChI=1S/C11H22N2O2/c1-10(2)5-6-11(12,9(14)15)7-8(10)13(3)4/h8H,5-7,12H2,1-4H3,(H,14,15). The van der Waals surface area contributed by atoms with Gasteiger partial charge in [0.1, 0.15) is 5.54 Å². The Morgan fingerprint density at radius 2 is 1.93 bits per heavy atom. The lowest BCUT2D eigenvalue weighted by atomic mass is 9.66. The van der Waals surface area contributed by atoms with Crippen LogP contribution >= 0.6 is 0 Å².